The summed E-state index contributed by atoms with van der Waals surface area (Å²) in [6, 6.07) is 5.83. The van der Waals surface area contributed by atoms with Crippen molar-refractivity contribution in [1.82, 2.24) is 0 Å². The van der Waals surface area contributed by atoms with E-state index in [2.05, 4.69) is 19.6 Å². The number of hydrogen-bond donors (Lipinski definition) is 1. The molecule has 0 aliphatic heterocycles. The number of rotatable bonds is 2. The number of ketones is 1. The number of fused-ring (bicyclic) bond motifs is 5. The third-order valence-corrected chi connectivity index (χ3v) is 7.00. The van der Waals surface area contributed by atoms with Crippen LogP contribution in [-0.4, -0.2) is 10.9 Å². The highest BCUT2D eigenvalue weighted by Crippen LogP contribution is 2.61. The molecule has 0 aromatic heterocycles. The van der Waals surface area contributed by atoms with Crippen LogP contribution in [0.25, 0.3) is 0 Å². The van der Waals surface area contributed by atoms with E-state index in [0.717, 1.165) is 37.7 Å². The topological polar surface area (TPSA) is 46.5 Å². The van der Waals surface area contributed by atoms with Crippen LogP contribution in [0.5, 0.6) is 5.75 Å². The summed E-state index contributed by atoms with van der Waals surface area (Å²) in [5.74, 6) is 2.79. The number of benzene rings is 1. The number of hydrogen-bond acceptors (Lipinski definition) is 3. The second-order valence-electron chi connectivity index (χ2n) is 8.11. The summed E-state index contributed by atoms with van der Waals surface area (Å²) in [6.45, 7) is 7.66. The number of aryl methyl sites for hydroxylation is 1. The van der Waals surface area contributed by atoms with Crippen molar-refractivity contribution in [3.63, 3.8) is 0 Å². The van der Waals surface area contributed by atoms with Gasteiger partial charge in [-0.15, -0.1) is 0 Å². The molecule has 0 spiro atoms. The van der Waals surface area contributed by atoms with E-state index in [-0.39, 0.29) is 11.2 Å². The molecule has 0 amide bonds. The molecule has 4 atom stereocenters. The first-order valence-electron chi connectivity index (χ1n) is 9.29. The van der Waals surface area contributed by atoms with Crippen LogP contribution in [0, 0.1) is 17.3 Å². The molecule has 2 saturated carbocycles. The lowest BCUT2D eigenvalue weighted by Crippen LogP contribution is -2.42. The van der Waals surface area contributed by atoms with Crippen LogP contribution in [0.4, 0.5) is 0 Å². The minimum absolute atomic E-state index is 0.253. The Bertz CT molecular complexity index is 775. The van der Waals surface area contributed by atoms with Crippen molar-refractivity contribution in [1.29, 1.82) is 0 Å². The molecular formula is C22H26O3. The van der Waals surface area contributed by atoms with Gasteiger partial charge in [-0.25, -0.2) is 0 Å². The van der Waals surface area contributed by atoms with Crippen molar-refractivity contribution < 1.29 is 14.6 Å². The average molecular weight is 338 g/mol. The van der Waals surface area contributed by atoms with E-state index in [1.807, 2.05) is 19.1 Å². The number of carbonyl (C=O) groups is 1. The molecule has 1 N–H and O–H groups in total. The minimum Gasteiger partial charge on any atom is -0.508 e. The van der Waals surface area contributed by atoms with Gasteiger partial charge in [0, 0.05) is 11.0 Å². The molecule has 3 heteroatoms. The molecule has 1 aromatic rings. The van der Waals surface area contributed by atoms with Crippen LogP contribution in [0.1, 0.15) is 56.6 Å². The second-order valence-corrected chi connectivity index (χ2v) is 8.11. The second kappa shape index (κ2) is 5.76. The van der Waals surface area contributed by atoms with Gasteiger partial charge in [0.15, 0.2) is 5.78 Å². The molecule has 0 bridgehead atoms. The molecule has 4 rings (SSSR count). The highest BCUT2D eigenvalue weighted by Gasteiger charge is 2.57. The maximum absolute atomic E-state index is 13.1. The number of phenols is 1. The van der Waals surface area contributed by atoms with Crippen LogP contribution in [-0.2, 0) is 16.0 Å². The fraction of sp³-hybridized carbons (Fsp3) is 0.500. The van der Waals surface area contributed by atoms with Gasteiger partial charge >= 0.3 is 0 Å². The third-order valence-electron chi connectivity index (χ3n) is 7.00. The fourth-order valence-corrected chi connectivity index (χ4v) is 5.70. The van der Waals surface area contributed by atoms with Crippen LogP contribution >= 0.6 is 0 Å². The Labute approximate surface area is 149 Å². The molecule has 0 radical (unpaired) electrons. The van der Waals surface area contributed by atoms with E-state index in [4.69, 9.17) is 4.74 Å². The van der Waals surface area contributed by atoms with Crippen LogP contribution < -0.4 is 0 Å². The minimum atomic E-state index is -0.253. The van der Waals surface area contributed by atoms with E-state index in [1.165, 1.54) is 17.4 Å². The molecular weight excluding hydrogens is 312 g/mol. The number of phenolic OH excluding ortho intramolecular Hbond substituents is 1. The Balaban J connectivity index is 1.71. The summed E-state index contributed by atoms with van der Waals surface area (Å²) in [6.07, 6.45) is 6.31. The number of aromatic hydroxyl groups is 1. The molecule has 3 nitrogen and oxygen atoms in total. The van der Waals surface area contributed by atoms with E-state index in [1.54, 1.807) is 0 Å². The van der Waals surface area contributed by atoms with Crippen LogP contribution in [0.3, 0.4) is 0 Å². The van der Waals surface area contributed by atoms with Gasteiger partial charge in [-0.3, -0.25) is 4.79 Å². The molecule has 3 aliphatic carbocycles. The molecule has 0 heterocycles. The Kier molecular flexibility index (Phi) is 3.78. The standard InChI is InChI=1S/C22H26O3/c1-4-25-13(2)19-12-20-18-7-5-14-11-15(23)6-8-16(14)17(18)9-10-22(20,3)21(19)24/h4,6,8,11,17-18,20,23H,1,5,7,9-10,12H2,2-3H3/b19-13-/t17?,18?,20?,22-/m0/s1. The lowest BCUT2D eigenvalue weighted by Gasteiger charge is -2.48. The average Bonchev–Trinajstić information content (AvgIpc) is 2.86. The van der Waals surface area contributed by atoms with Gasteiger partial charge in [0.05, 0.1) is 6.26 Å². The first kappa shape index (κ1) is 16.4. The zero-order valence-corrected chi connectivity index (χ0v) is 15.0. The predicted octanol–water partition coefficient (Wildman–Crippen LogP) is 4.86. The van der Waals surface area contributed by atoms with E-state index < -0.39 is 0 Å². The number of Topliss-reactive ketones (excluding diaryl/α,β-unsaturated/α-hetero) is 1. The van der Waals surface area contributed by atoms with Gasteiger partial charge in [-0.2, -0.15) is 0 Å². The van der Waals surface area contributed by atoms with Gasteiger partial charge in [0.1, 0.15) is 11.5 Å². The van der Waals surface area contributed by atoms with E-state index in [0.29, 0.717) is 29.3 Å². The largest absolute Gasteiger partial charge is 0.508 e. The van der Waals surface area contributed by atoms with Crippen LogP contribution in [0.2, 0.25) is 0 Å². The number of allylic oxidation sites excluding steroid dienone is 2. The maximum atomic E-state index is 13.1. The van der Waals surface area contributed by atoms with Crippen molar-refractivity contribution in [3.05, 3.63) is 53.5 Å². The molecule has 3 aliphatic rings. The zero-order chi connectivity index (χ0) is 17.8. The summed E-state index contributed by atoms with van der Waals surface area (Å²) in [4.78, 5) is 13.1. The summed E-state index contributed by atoms with van der Waals surface area (Å²) < 4.78 is 5.45. The van der Waals surface area contributed by atoms with Gasteiger partial charge in [-0.1, -0.05) is 19.6 Å². The van der Waals surface area contributed by atoms with Crippen molar-refractivity contribution in [3.8, 4) is 5.75 Å². The molecule has 1 aromatic carbocycles. The predicted molar refractivity (Wildman–Crippen MR) is 97.1 cm³/mol. The zero-order valence-electron chi connectivity index (χ0n) is 15.0. The van der Waals surface area contributed by atoms with E-state index in [9.17, 15) is 9.90 Å². The van der Waals surface area contributed by atoms with E-state index >= 15 is 0 Å². The highest BCUT2D eigenvalue weighted by atomic mass is 16.5. The first-order valence-corrected chi connectivity index (χ1v) is 9.29. The smallest absolute Gasteiger partial charge is 0.168 e. The lowest BCUT2D eigenvalue weighted by atomic mass is 9.55. The summed E-state index contributed by atoms with van der Waals surface area (Å²) >= 11 is 0. The highest BCUT2D eigenvalue weighted by molar-refractivity contribution is 6.02. The van der Waals surface area contributed by atoms with Crippen molar-refractivity contribution in [2.24, 2.45) is 17.3 Å². The Morgan fingerprint density at radius 3 is 2.96 bits per heavy atom. The molecule has 0 saturated heterocycles. The third kappa shape index (κ3) is 2.36. The molecule has 132 valence electrons. The molecule has 3 unspecified atom stereocenters. The Morgan fingerprint density at radius 1 is 1.40 bits per heavy atom. The Hall–Kier alpha value is -2.03. The van der Waals surface area contributed by atoms with Gasteiger partial charge in [0.2, 0.25) is 0 Å². The lowest BCUT2D eigenvalue weighted by molar-refractivity contribution is -0.127. The number of ether oxygens (including phenoxy) is 1. The summed E-state index contributed by atoms with van der Waals surface area (Å²) in [5.41, 5.74) is 3.29. The molecule has 2 fully saturated rings. The SMILES string of the molecule is C=CO/C(C)=C1/CC2C3CCc4cc(O)ccc4C3CC[C@]2(C)C1=O. The van der Waals surface area contributed by atoms with Crippen molar-refractivity contribution >= 4 is 5.78 Å². The van der Waals surface area contributed by atoms with Crippen molar-refractivity contribution in [2.45, 2.75) is 51.9 Å². The fourth-order valence-electron chi connectivity index (χ4n) is 5.70. The van der Waals surface area contributed by atoms with Gasteiger partial charge in [0.25, 0.3) is 0 Å². The maximum Gasteiger partial charge on any atom is 0.168 e. The normalized spacial score (nSPS) is 35.4. The van der Waals surface area contributed by atoms with Crippen molar-refractivity contribution in [2.75, 3.05) is 0 Å². The van der Waals surface area contributed by atoms with Gasteiger partial charge < -0.3 is 9.84 Å². The molecule has 25 heavy (non-hydrogen) atoms. The number of carbonyl (C=O) groups excluding carboxylic acids is 1. The Morgan fingerprint density at radius 2 is 2.20 bits per heavy atom. The summed E-state index contributed by atoms with van der Waals surface area (Å²) in [5, 5.41) is 9.78. The van der Waals surface area contributed by atoms with Crippen LogP contribution in [0.15, 0.2) is 42.4 Å². The monoisotopic (exact) mass is 338 g/mol. The van der Waals surface area contributed by atoms with Gasteiger partial charge in [-0.05, 0) is 80.0 Å². The first-order chi connectivity index (χ1) is 12.0. The quantitative estimate of drug-likeness (QED) is 0.619. The summed E-state index contributed by atoms with van der Waals surface area (Å²) in [7, 11) is 0.